The van der Waals surface area contributed by atoms with Crippen molar-refractivity contribution in [3.05, 3.63) is 10.4 Å². The maximum atomic E-state index is 13.8. The molecule has 6 aliphatic heterocycles. The number of azide groups is 1. The molecule has 0 unspecified atom stereocenters. The number of esters is 18. The number of nitrogens with zero attached hydrogens (tertiary/aromatic N) is 3. The number of aliphatic hydroxyl groups is 1. The van der Waals surface area contributed by atoms with Gasteiger partial charge in [-0.3, -0.25) is 86.3 Å². The van der Waals surface area contributed by atoms with Crippen LogP contribution >= 0.6 is 0 Å². The van der Waals surface area contributed by atoms with Crippen LogP contribution in [0.1, 0.15) is 125 Å². The molecule has 6 heterocycles. The quantitative estimate of drug-likeness (QED) is 0.0167. The molecule has 0 aromatic rings. The Bertz CT molecular complexity index is 3910. The summed E-state index contributed by atoms with van der Waals surface area (Å²) < 4.78 is 178. The first-order valence-electron chi connectivity index (χ1n) is 38.5. The number of carbonyl (C=O) groups excluding carboxylic acids is 18. The molecule has 0 bridgehead atoms. The van der Waals surface area contributed by atoms with Crippen molar-refractivity contribution in [3.63, 3.8) is 0 Å². The molecule has 0 aliphatic carbocycles. The fourth-order valence-corrected chi connectivity index (χ4v) is 13.7. The van der Waals surface area contributed by atoms with Crippen LogP contribution in [0.5, 0.6) is 0 Å². The molecule has 30 atom stereocenters. The van der Waals surface area contributed by atoms with Crippen molar-refractivity contribution in [1.82, 2.24) is 0 Å². The molecule has 6 aliphatic rings. The third-order valence-electron chi connectivity index (χ3n) is 17.9. The number of rotatable bonds is 38. The van der Waals surface area contributed by atoms with Crippen molar-refractivity contribution in [2.24, 2.45) is 5.11 Å². The van der Waals surface area contributed by atoms with Gasteiger partial charge < -0.3 is 147 Å². The lowest BCUT2D eigenvalue weighted by Crippen LogP contribution is -2.70. The molecule has 52 heteroatoms. The van der Waals surface area contributed by atoms with E-state index in [9.17, 15) is 91.4 Å². The third kappa shape index (κ3) is 31.4. The van der Waals surface area contributed by atoms with Crippen LogP contribution in [-0.2, 0) is 228 Å². The van der Waals surface area contributed by atoms with Gasteiger partial charge in [0, 0.05) is 136 Å². The molecule has 0 spiro atoms. The van der Waals surface area contributed by atoms with Crippen LogP contribution in [0, 0.1) is 0 Å². The second-order valence-electron chi connectivity index (χ2n) is 28.3. The normalized spacial score (nSPS) is 32.8. The van der Waals surface area contributed by atoms with Crippen LogP contribution in [0.25, 0.3) is 10.4 Å². The Balaban J connectivity index is 1.54. The highest BCUT2D eigenvalue weighted by Gasteiger charge is 2.64. The first-order valence-corrected chi connectivity index (χ1v) is 38.5. The zero-order chi connectivity index (χ0) is 94.0. The Hall–Kier alpha value is -10.7. The van der Waals surface area contributed by atoms with E-state index in [2.05, 4.69) is 10.0 Å². The predicted octanol–water partition coefficient (Wildman–Crippen LogP) is -2.49. The minimum Gasteiger partial charge on any atom is -0.463 e. The molecular weight excluding hydrogens is 1710 g/mol. The summed E-state index contributed by atoms with van der Waals surface area (Å²) in [5.41, 5.74) is 8.97. The van der Waals surface area contributed by atoms with E-state index in [1.807, 2.05) is 0 Å². The van der Waals surface area contributed by atoms with Crippen LogP contribution in [0.4, 0.5) is 0 Å². The second kappa shape index (κ2) is 48.8. The summed E-state index contributed by atoms with van der Waals surface area (Å²) in [7, 11) is 0. The monoisotopic (exact) mass is 1820 g/mol. The average Bonchev–Trinajstić information content (AvgIpc) is 0.755. The third-order valence-corrected chi connectivity index (χ3v) is 17.9. The topological polar surface area (TPSA) is 653 Å². The Kier molecular flexibility index (Phi) is 40.3. The lowest BCUT2D eigenvalue weighted by molar-refractivity contribution is -0.396. The summed E-state index contributed by atoms with van der Waals surface area (Å²) in [6.45, 7) is 9.26. The molecule has 6 saturated heterocycles. The van der Waals surface area contributed by atoms with Gasteiger partial charge in [-0.25, -0.2) is 0 Å². The first kappa shape index (κ1) is 104. The predicted molar refractivity (Wildman–Crippen MR) is 389 cm³/mol. The summed E-state index contributed by atoms with van der Waals surface area (Å²) in [4.78, 5) is 240. The van der Waals surface area contributed by atoms with Gasteiger partial charge in [0.25, 0.3) is 0 Å². The minimum atomic E-state index is -2.43. The van der Waals surface area contributed by atoms with E-state index in [1.54, 1.807) is 0 Å². The number of hydrogen-bond acceptors (Lipinski definition) is 50. The zero-order valence-electron chi connectivity index (χ0n) is 71.4. The van der Waals surface area contributed by atoms with Crippen LogP contribution < -0.4 is 0 Å². The van der Waals surface area contributed by atoms with E-state index in [0.717, 1.165) is 125 Å². The van der Waals surface area contributed by atoms with E-state index in [-0.39, 0.29) is 6.54 Å². The van der Waals surface area contributed by atoms with Gasteiger partial charge in [0.05, 0.1) is 6.61 Å². The van der Waals surface area contributed by atoms with E-state index in [1.165, 1.54) is 0 Å². The molecule has 0 saturated carbocycles. The highest BCUT2D eigenvalue weighted by molar-refractivity contribution is 5.72. The SMILES string of the molecule is CC(=O)OC[C@H]1O[C@@H](O[C@H]2[C@H](OC(C)=O)[C@@H](OC(C)=O)[C@H](O[C@H]3[C@H](OC(C)=O)[C@@H](OC(C)=O)[C@H](O[C@H]4[C@H](OC(C)=O)[C@@H](OC(C)=O)[C@H](O[C@H]5[C@H](OC(C)=O)[C@@H](OC(C)=O)[C@H](O[C@H]6[C@H](OC(C)=O)[C@@H](OC(C)=O)[C@@H](OCCN=[N+]=[N-])O[C@@H]6COC(C)=O)O[C@@H]5COC(C)=O)O[C@@H]4COC(C)=O)O[C@@H]3COC(C)=O)O[C@@H]2COC(C)=O)[C@H](OC(C)=O)[C@@H](OC(C)=O)[C@@H]1O. The molecule has 706 valence electrons. The number of hydrogen-bond donors (Lipinski definition) is 1. The molecule has 6 fully saturated rings. The number of carbonyl (C=O) groups is 18. The van der Waals surface area contributed by atoms with Crippen molar-refractivity contribution in [1.29, 1.82) is 0 Å². The molecule has 6 rings (SSSR count). The Morgan fingerprint density at radius 3 is 0.603 bits per heavy atom. The van der Waals surface area contributed by atoms with Crippen molar-refractivity contribution < 1.29 is 234 Å². The van der Waals surface area contributed by atoms with Gasteiger partial charge >= 0.3 is 107 Å². The Labute approximate surface area is 716 Å². The maximum Gasteiger partial charge on any atom is 0.303 e. The lowest BCUT2D eigenvalue weighted by atomic mass is 9.94. The summed E-state index contributed by atoms with van der Waals surface area (Å²) in [6.07, 6.45) is -63.5. The molecule has 0 aromatic heterocycles. The second-order valence-corrected chi connectivity index (χ2v) is 28.3. The average molecular weight is 1820 g/mol. The van der Waals surface area contributed by atoms with Gasteiger partial charge in [0.2, 0.25) is 0 Å². The van der Waals surface area contributed by atoms with Crippen molar-refractivity contribution >= 4 is 107 Å². The summed E-state index contributed by atoms with van der Waals surface area (Å²) in [6, 6.07) is 0. The lowest BCUT2D eigenvalue weighted by Gasteiger charge is -2.52. The molecule has 52 nitrogen and oxygen atoms in total. The highest BCUT2D eigenvalue weighted by atomic mass is 16.8. The molecule has 126 heavy (non-hydrogen) atoms. The Morgan fingerprint density at radius 2 is 0.405 bits per heavy atom. The fraction of sp³-hybridized carbons (Fsp3) is 0.757. The van der Waals surface area contributed by atoms with Gasteiger partial charge in [0.15, 0.2) is 111 Å². The van der Waals surface area contributed by atoms with Crippen molar-refractivity contribution in [2.45, 2.75) is 309 Å². The van der Waals surface area contributed by atoms with Gasteiger partial charge in [0.1, 0.15) is 113 Å². The van der Waals surface area contributed by atoms with E-state index < -0.39 is 338 Å². The fourth-order valence-electron chi connectivity index (χ4n) is 13.7. The minimum absolute atomic E-state index is 0.350. The standard InChI is InChI=1S/C74H101N3O49/c1-27(78)98-21-45-51(96)57(104-33(7)84)63(110-39(13)90)70(116-45)122-53-47(23-100-29(3)80)118-72(65(112-41(15)92)59(53)106-35(9)86)124-55-49(25-102-31(5)82)120-74(67(114-43(17)94)61(55)108-37(11)88)126-56-50(26-103-32(6)83)121-73(68(115-44(18)95)62(56)109-38(12)89)125-54-48(24-101-30(4)81)119-71(66(113-42(16)93)60(54)107-36(10)87)123-52-46(22-99-28(2)79)117-69(97-20-19-76-77-75)64(111-40(14)91)58(52)105-34(8)85/h45-74,96H,19-26H2,1-18H3/t45-,46-,47-,48-,49-,50-,51-,52-,53-,54-,55-,56-,57+,58+,59+,60+,61+,62+,63-,64-,65-,66-,67-,68-,69+,70+,71+,72+,73+,74+/m1/s1. The largest absolute Gasteiger partial charge is 0.463 e. The maximum absolute atomic E-state index is 13.8. The zero-order valence-corrected chi connectivity index (χ0v) is 71.4. The summed E-state index contributed by atoms with van der Waals surface area (Å²) >= 11 is 0. The van der Waals surface area contributed by atoms with Crippen molar-refractivity contribution in [3.8, 4) is 0 Å². The van der Waals surface area contributed by atoms with Crippen LogP contribution in [-0.4, -0.2) is 350 Å². The Morgan fingerprint density at radius 1 is 0.238 bits per heavy atom. The summed E-state index contributed by atoms with van der Waals surface area (Å²) in [5, 5.41) is 14.9. The van der Waals surface area contributed by atoms with Crippen LogP contribution in [0.15, 0.2) is 5.11 Å². The number of aliphatic hydroxyl groups excluding tert-OH is 1. The van der Waals surface area contributed by atoms with E-state index in [0.29, 0.717) is 0 Å². The van der Waals surface area contributed by atoms with Crippen LogP contribution in [0.3, 0.4) is 0 Å². The molecule has 0 radical (unpaired) electrons. The van der Waals surface area contributed by atoms with Gasteiger partial charge in [-0.1, -0.05) is 5.11 Å². The van der Waals surface area contributed by atoms with Gasteiger partial charge in [-0.15, -0.1) is 0 Å². The van der Waals surface area contributed by atoms with Gasteiger partial charge in [-0.2, -0.15) is 0 Å². The van der Waals surface area contributed by atoms with Gasteiger partial charge in [-0.05, 0) is 5.53 Å². The van der Waals surface area contributed by atoms with E-state index >= 15 is 0 Å². The van der Waals surface area contributed by atoms with E-state index in [4.69, 9.17) is 148 Å². The molecule has 1 N–H and O–H groups in total. The van der Waals surface area contributed by atoms with Crippen molar-refractivity contribution in [2.75, 3.05) is 52.8 Å². The van der Waals surface area contributed by atoms with Crippen LogP contribution in [0.2, 0.25) is 0 Å². The number of ether oxygens (including phenoxy) is 30. The summed E-state index contributed by atoms with van der Waals surface area (Å²) in [5.74, 6) is -20.5. The smallest absolute Gasteiger partial charge is 0.303 e. The first-order chi connectivity index (χ1) is 59.2. The molecule has 0 amide bonds. The molecule has 0 aromatic carbocycles. The molecular formula is C74H101N3O49. The highest BCUT2D eigenvalue weighted by Crippen LogP contribution is 2.43.